The average Bonchev–Trinajstić information content (AvgIpc) is 2.76. The van der Waals surface area contributed by atoms with Crippen molar-refractivity contribution < 1.29 is 0 Å². The van der Waals surface area contributed by atoms with Crippen molar-refractivity contribution in [2.24, 2.45) is 0 Å². The molecule has 2 atom stereocenters. The first kappa shape index (κ1) is 22.6. The minimum absolute atomic E-state index is 0.557. The molecular weight excluding hydrogens is 392 g/mol. The van der Waals surface area contributed by atoms with E-state index in [2.05, 4.69) is 74.9 Å². The molecule has 7 heteroatoms. The molecule has 0 saturated carbocycles. The average molecular weight is 427 g/mol. The topological polar surface area (TPSA) is 65.1 Å². The van der Waals surface area contributed by atoms with Crippen molar-refractivity contribution in [1.82, 2.24) is 19.6 Å². The fourth-order valence-electron chi connectivity index (χ4n) is 3.91. The minimum atomic E-state index is 0.557. The molecule has 3 rings (SSSR count). The Morgan fingerprint density at radius 3 is 2.77 bits per heavy atom. The molecule has 1 aliphatic rings. The maximum Gasteiger partial charge on any atom is 0.229 e. The molecule has 1 saturated heterocycles. The number of rotatable bonds is 11. The summed E-state index contributed by atoms with van der Waals surface area (Å²) in [5.74, 6) is 1.27. The van der Waals surface area contributed by atoms with Gasteiger partial charge in [0.25, 0.3) is 0 Å². The number of aromatic nitrogens is 2. The lowest BCUT2D eigenvalue weighted by atomic mass is 9.94. The number of anilines is 3. The quantitative estimate of drug-likeness (QED) is 0.415. The number of benzene rings is 1. The lowest BCUT2D eigenvalue weighted by Crippen LogP contribution is -2.47. The van der Waals surface area contributed by atoms with E-state index in [1.54, 1.807) is 30.4 Å². The predicted molar refractivity (Wildman–Crippen MR) is 128 cm³/mol. The number of nitrogens with zero attached hydrogens (tertiary/aromatic N) is 3. The van der Waals surface area contributed by atoms with Crippen LogP contribution in [-0.4, -0.2) is 40.0 Å². The van der Waals surface area contributed by atoms with Crippen LogP contribution in [-0.2, 0) is 0 Å². The third-order valence-electron chi connectivity index (χ3n) is 5.33. The summed E-state index contributed by atoms with van der Waals surface area (Å²) in [5, 5.41) is 6.21. The van der Waals surface area contributed by atoms with Crippen molar-refractivity contribution in [3.8, 4) is 0 Å². The Kier molecular flexibility index (Phi) is 8.99. The fraction of sp³-hybridized carbons (Fsp3) is 0.478. The van der Waals surface area contributed by atoms with Crippen molar-refractivity contribution in [2.45, 2.75) is 62.9 Å². The van der Waals surface area contributed by atoms with Crippen LogP contribution in [0.15, 0.2) is 54.2 Å². The van der Waals surface area contributed by atoms with E-state index >= 15 is 0 Å². The van der Waals surface area contributed by atoms with Crippen LogP contribution in [0.1, 0.15) is 46.0 Å². The van der Waals surface area contributed by atoms with Crippen LogP contribution in [0.25, 0.3) is 0 Å². The Morgan fingerprint density at radius 1 is 1.20 bits per heavy atom. The number of hydrogen-bond donors (Lipinski definition) is 3. The van der Waals surface area contributed by atoms with E-state index in [9.17, 15) is 0 Å². The Bertz CT molecular complexity index is 782. The second kappa shape index (κ2) is 11.9. The molecule has 1 fully saturated rings. The number of hydrogen-bond acceptors (Lipinski definition) is 7. The molecule has 2 heterocycles. The van der Waals surface area contributed by atoms with Crippen LogP contribution >= 0.6 is 11.9 Å². The lowest BCUT2D eigenvalue weighted by Gasteiger charge is -2.39. The normalized spacial score (nSPS) is 19.4. The van der Waals surface area contributed by atoms with E-state index in [0.29, 0.717) is 17.8 Å². The van der Waals surface area contributed by atoms with Gasteiger partial charge in [-0.1, -0.05) is 26.8 Å². The molecule has 30 heavy (non-hydrogen) atoms. The molecule has 1 aromatic heterocycles. The molecule has 2 unspecified atom stereocenters. The second-order valence-electron chi connectivity index (χ2n) is 7.68. The Morgan fingerprint density at radius 2 is 2.03 bits per heavy atom. The number of likely N-dealkylation sites (tertiary alicyclic amines) is 1. The van der Waals surface area contributed by atoms with Gasteiger partial charge in [-0.15, -0.1) is 0 Å². The summed E-state index contributed by atoms with van der Waals surface area (Å²) in [6.07, 6.45) is 9.58. The van der Waals surface area contributed by atoms with Gasteiger partial charge in [-0.25, -0.2) is 4.98 Å². The molecule has 0 amide bonds. The van der Waals surface area contributed by atoms with Crippen molar-refractivity contribution >= 4 is 29.4 Å². The number of nitrogens with one attached hydrogen (secondary N) is 3. The summed E-state index contributed by atoms with van der Waals surface area (Å²) in [7, 11) is 0. The molecule has 162 valence electrons. The van der Waals surface area contributed by atoms with E-state index in [0.717, 1.165) is 11.7 Å². The van der Waals surface area contributed by atoms with Gasteiger partial charge < -0.3 is 15.5 Å². The van der Waals surface area contributed by atoms with Gasteiger partial charge in [0, 0.05) is 28.9 Å². The molecule has 1 aliphatic heterocycles. The molecule has 0 bridgehead atoms. The molecule has 0 aliphatic carbocycles. The van der Waals surface area contributed by atoms with E-state index in [1.165, 1.54) is 50.1 Å². The van der Waals surface area contributed by atoms with E-state index < -0.39 is 0 Å². The predicted octanol–water partition coefficient (Wildman–Crippen LogP) is 5.42. The highest BCUT2D eigenvalue weighted by Gasteiger charge is 2.27. The van der Waals surface area contributed by atoms with E-state index in [-0.39, 0.29) is 0 Å². The van der Waals surface area contributed by atoms with Gasteiger partial charge in [0.2, 0.25) is 5.95 Å². The van der Waals surface area contributed by atoms with Gasteiger partial charge in [0.05, 0.1) is 0 Å². The molecular formula is C23H34N6S. The monoisotopic (exact) mass is 426 g/mol. The molecule has 6 nitrogen and oxygen atoms in total. The SMILES string of the molecule is C=CNc1ccnc(Nc2ccc(SNC3CCN(CCC)C(CCC)C3)cc2)n1. The smallest absolute Gasteiger partial charge is 0.229 e. The highest BCUT2D eigenvalue weighted by Crippen LogP contribution is 2.26. The second-order valence-corrected chi connectivity index (χ2v) is 8.59. The molecule has 0 spiro atoms. The van der Waals surface area contributed by atoms with Crippen molar-refractivity contribution in [3.63, 3.8) is 0 Å². The van der Waals surface area contributed by atoms with Crippen LogP contribution in [0.3, 0.4) is 0 Å². The largest absolute Gasteiger partial charge is 0.347 e. The zero-order chi connectivity index (χ0) is 21.2. The van der Waals surface area contributed by atoms with Gasteiger partial charge in [-0.2, -0.15) is 4.98 Å². The summed E-state index contributed by atoms with van der Waals surface area (Å²) < 4.78 is 3.71. The highest BCUT2D eigenvalue weighted by atomic mass is 32.2. The van der Waals surface area contributed by atoms with Crippen LogP contribution in [0.2, 0.25) is 0 Å². The van der Waals surface area contributed by atoms with Crippen LogP contribution in [0, 0.1) is 0 Å². The molecule has 0 radical (unpaired) electrons. The van der Waals surface area contributed by atoms with Crippen LogP contribution in [0.4, 0.5) is 17.5 Å². The summed E-state index contributed by atoms with van der Waals surface area (Å²) in [6.45, 7) is 10.7. The maximum absolute atomic E-state index is 4.39. The Labute approximate surface area is 185 Å². The first-order chi connectivity index (χ1) is 14.7. The van der Waals surface area contributed by atoms with Crippen molar-refractivity contribution in [2.75, 3.05) is 23.7 Å². The van der Waals surface area contributed by atoms with E-state index in [4.69, 9.17) is 0 Å². The van der Waals surface area contributed by atoms with Crippen molar-refractivity contribution in [3.05, 3.63) is 49.3 Å². The summed E-state index contributed by atoms with van der Waals surface area (Å²) >= 11 is 1.74. The zero-order valence-electron chi connectivity index (χ0n) is 18.1. The molecule has 1 aromatic carbocycles. The highest BCUT2D eigenvalue weighted by molar-refractivity contribution is 7.97. The number of piperidine rings is 1. The first-order valence-electron chi connectivity index (χ1n) is 11.0. The van der Waals surface area contributed by atoms with Crippen LogP contribution < -0.4 is 15.4 Å². The zero-order valence-corrected chi connectivity index (χ0v) is 18.9. The summed E-state index contributed by atoms with van der Waals surface area (Å²) in [5.41, 5.74) is 0.964. The fourth-order valence-corrected chi connectivity index (χ4v) is 4.70. The molecule has 3 N–H and O–H groups in total. The maximum atomic E-state index is 4.39. The van der Waals surface area contributed by atoms with E-state index in [1.807, 2.05) is 0 Å². The molecule has 2 aromatic rings. The summed E-state index contributed by atoms with van der Waals surface area (Å²) in [6, 6.07) is 11.5. The third-order valence-corrected chi connectivity index (χ3v) is 6.29. The first-order valence-corrected chi connectivity index (χ1v) is 11.8. The Hall–Kier alpha value is -2.09. The van der Waals surface area contributed by atoms with Gasteiger partial charge in [0.1, 0.15) is 5.82 Å². The summed E-state index contributed by atoms with van der Waals surface area (Å²) in [4.78, 5) is 12.6. The van der Waals surface area contributed by atoms with Gasteiger partial charge in [0.15, 0.2) is 0 Å². The van der Waals surface area contributed by atoms with Gasteiger partial charge in [-0.05, 0) is 87.3 Å². The third kappa shape index (κ3) is 6.72. The van der Waals surface area contributed by atoms with Crippen molar-refractivity contribution in [1.29, 1.82) is 0 Å². The van der Waals surface area contributed by atoms with Gasteiger partial charge >= 0.3 is 0 Å². The lowest BCUT2D eigenvalue weighted by molar-refractivity contribution is 0.124. The minimum Gasteiger partial charge on any atom is -0.347 e. The van der Waals surface area contributed by atoms with Gasteiger partial charge in [-0.3, -0.25) is 4.72 Å². The standard InChI is InChI=1S/C23H34N6S/c1-4-7-20-17-19(13-16-29(20)15-5-2)28-30-21-10-8-18(9-11-21)26-23-25-14-12-22(27-23)24-6-3/h6,8-12,14,19-20,28H,3-5,7,13,15-17H2,1-2H3,(H2,24,25,26,27). The van der Waals surface area contributed by atoms with Crippen LogP contribution in [0.5, 0.6) is 0 Å². The Balaban J connectivity index is 1.50.